The highest BCUT2D eigenvalue weighted by atomic mass is 16.4. The molecule has 0 aromatic carbocycles. The number of aliphatic carboxylic acids is 1. The third-order valence-electron chi connectivity index (χ3n) is 3.50. The quantitative estimate of drug-likeness (QED) is 0.650. The van der Waals surface area contributed by atoms with E-state index in [2.05, 4.69) is 24.5 Å². The van der Waals surface area contributed by atoms with E-state index in [0.29, 0.717) is 12.5 Å². The lowest BCUT2D eigenvalue weighted by atomic mass is 9.93. The fraction of sp³-hybridized carbons (Fsp3) is 0.857. The zero-order valence-electron chi connectivity index (χ0n) is 11.9. The maximum absolute atomic E-state index is 12.0. The van der Waals surface area contributed by atoms with Crippen LogP contribution in [0, 0.1) is 17.8 Å². The number of carbonyl (C=O) groups is 2. The Morgan fingerprint density at radius 2 is 2.16 bits per heavy atom. The molecule has 0 saturated carbocycles. The number of hydrogen-bond donors (Lipinski definition) is 3. The van der Waals surface area contributed by atoms with Crippen molar-refractivity contribution in [3.63, 3.8) is 0 Å². The van der Waals surface area contributed by atoms with E-state index in [1.807, 2.05) is 0 Å². The zero-order chi connectivity index (χ0) is 14.3. The van der Waals surface area contributed by atoms with Gasteiger partial charge in [0, 0.05) is 19.5 Å². The van der Waals surface area contributed by atoms with Gasteiger partial charge in [-0.15, -0.1) is 0 Å². The molecule has 0 aromatic rings. The number of rotatable bonds is 7. The number of piperidine rings is 1. The van der Waals surface area contributed by atoms with Gasteiger partial charge in [-0.3, -0.25) is 9.59 Å². The molecule has 1 aliphatic heterocycles. The van der Waals surface area contributed by atoms with Crippen LogP contribution < -0.4 is 10.6 Å². The van der Waals surface area contributed by atoms with Gasteiger partial charge in [-0.25, -0.2) is 0 Å². The minimum absolute atomic E-state index is 0.0259. The van der Waals surface area contributed by atoms with E-state index in [0.717, 1.165) is 32.4 Å². The van der Waals surface area contributed by atoms with E-state index in [4.69, 9.17) is 5.11 Å². The lowest BCUT2D eigenvalue weighted by Gasteiger charge is -2.24. The number of amides is 1. The average Bonchev–Trinajstić information content (AvgIpc) is 2.35. The predicted octanol–water partition coefficient (Wildman–Crippen LogP) is 1.24. The van der Waals surface area contributed by atoms with Gasteiger partial charge in [0.05, 0.1) is 5.92 Å². The van der Waals surface area contributed by atoms with Gasteiger partial charge >= 0.3 is 5.97 Å². The van der Waals surface area contributed by atoms with E-state index in [1.165, 1.54) is 0 Å². The summed E-state index contributed by atoms with van der Waals surface area (Å²) in [6, 6.07) is 0. The number of carboxylic acid groups (broad SMARTS) is 1. The minimum Gasteiger partial charge on any atom is -0.481 e. The van der Waals surface area contributed by atoms with E-state index in [-0.39, 0.29) is 24.2 Å². The second-order valence-corrected chi connectivity index (χ2v) is 5.88. The van der Waals surface area contributed by atoms with Crippen LogP contribution in [0.4, 0.5) is 0 Å². The first-order chi connectivity index (χ1) is 8.99. The molecule has 110 valence electrons. The van der Waals surface area contributed by atoms with Gasteiger partial charge in [-0.1, -0.05) is 13.8 Å². The van der Waals surface area contributed by atoms with Crippen molar-refractivity contribution in [2.45, 2.75) is 39.5 Å². The lowest BCUT2D eigenvalue weighted by molar-refractivity contribution is -0.138. The molecule has 1 fully saturated rings. The molecule has 0 spiro atoms. The van der Waals surface area contributed by atoms with Crippen LogP contribution in [-0.2, 0) is 9.59 Å². The second kappa shape index (κ2) is 8.15. The maximum atomic E-state index is 12.0. The van der Waals surface area contributed by atoms with Gasteiger partial charge in [0.25, 0.3) is 0 Å². The second-order valence-electron chi connectivity index (χ2n) is 5.88. The van der Waals surface area contributed by atoms with E-state index in [1.54, 1.807) is 0 Å². The van der Waals surface area contributed by atoms with Crippen molar-refractivity contribution in [2.24, 2.45) is 17.8 Å². The molecule has 0 bridgehead atoms. The summed E-state index contributed by atoms with van der Waals surface area (Å²) in [5.74, 6) is -0.223. The number of carbonyl (C=O) groups excluding carboxylic acids is 1. The monoisotopic (exact) mass is 270 g/mol. The summed E-state index contributed by atoms with van der Waals surface area (Å²) in [7, 11) is 0. The third kappa shape index (κ3) is 6.57. The first kappa shape index (κ1) is 16.0. The molecule has 0 aliphatic carbocycles. The van der Waals surface area contributed by atoms with Crippen molar-refractivity contribution in [3.05, 3.63) is 0 Å². The van der Waals surface area contributed by atoms with Crippen LogP contribution in [0.3, 0.4) is 0 Å². The van der Waals surface area contributed by atoms with Crippen LogP contribution in [0.15, 0.2) is 0 Å². The van der Waals surface area contributed by atoms with E-state index < -0.39 is 5.97 Å². The van der Waals surface area contributed by atoms with Crippen LogP contribution in [0.2, 0.25) is 0 Å². The Hall–Kier alpha value is -1.10. The van der Waals surface area contributed by atoms with Crippen molar-refractivity contribution < 1.29 is 14.7 Å². The highest BCUT2D eigenvalue weighted by Gasteiger charge is 2.22. The molecule has 1 aliphatic rings. The largest absolute Gasteiger partial charge is 0.481 e. The van der Waals surface area contributed by atoms with Crippen LogP contribution in [0.5, 0.6) is 0 Å². The molecular formula is C14H26N2O3. The molecule has 0 aromatic heterocycles. The Bertz CT molecular complexity index is 299. The molecule has 0 unspecified atom stereocenters. The molecule has 1 amide bonds. The molecule has 2 atom stereocenters. The Kier molecular flexibility index (Phi) is 6.84. The SMILES string of the molecule is CC(C)C[C@H](CNC(=O)[C@@H]1CCCNC1)CC(=O)O. The van der Waals surface area contributed by atoms with Crippen molar-refractivity contribution in [1.29, 1.82) is 0 Å². The first-order valence-corrected chi connectivity index (χ1v) is 7.19. The van der Waals surface area contributed by atoms with Gasteiger partial charge < -0.3 is 15.7 Å². The van der Waals surface area contributed by atoms with Crippen LogP contribution in [0.25, 0.3) is 0 Å². The molecule has 0 radical (unpaired) electrons. The highest BCUT2D eigenvalue weighted by Crippen LogP contribution is 2.15. The zero-order valence-corrected chi connectivity index (χ0v) is 11.9. The maximum Gasteiger partial charge on any atom is 0.303 e. The average molecular weight is 270 g/mol. The third-order valence-corrected chi connectivity index (χ3v) is 3.50. The lowest BCUT2D eigenvalue weighted by Crippen LogP contribution is -2.42. The van der Waals surface area contributed by atoms with Crippen molar-refractivity contribution >= 4 is 11.9 Å². The fourth-order valence-electron chi connectivity index (χ4n) is 2.62. The molecule has 3 N–H and O–H groups in total. The Labute approximate surface area is 115 Å². The summed E-state index contributed by atoms with van der Waals surface area (Å²) in [5.41, 5.74) is 0. The molecule has 19 heavy (non-hydrogen) atoms. The van der Waals surface area contributed by atoms with E-state index in [9.17, 15) is 9.59 Å². The number of hydrogen-bond acceptors (Lipinski definition) is 3. The summed E-state index contributed by atoms with van der Waals surface area (Å²) < 4.78 is 0. The molecule has 1 heterocycles. The van der Waals surface area contributed by atoms with Gasteiger partial charge in [0.1, 0.15) is 0 Å². The normalized spacial score (nSPS) is 21.1. The first-order valence-electron chi connectivity index (χ1n) is 7.19. The Morgan fingerprint density at radius 3 is 2.68 bits per heavy atom. The van der Waals surface area contributed by atoms with Crippen molar-refractivity contribution in [1.82, 2.24) is 10.6 Å². The molecule has 5 nitrogen and oxygen atoms in total. The molecule has 5 heteroatoms. The van der Waals surface area contributed by atoms with Gasteiger partial charge in [-0.2, -0.15) is 0 Å². The van der Waals surface area contributed by atoms with Crippen molar-refractivity contribution in [2.75, 3.05) is 19.6 Å². The van der Waals surface area contributed by atoms with Crippen LogP contribution >= 0.6 is 0 Å². The summed E-state index contributed by atoms with van der Waals surface area (Å²) in [6.07, 6.45) is 2.91. The fourth-order valence-corrected chi connectivity index (χ4v) is 2.62. The van der Waals surface area contributed by atoms with E-state index >= 15 is 0 Å². The Morgan fingerprint density at radius 1 is 1.42 bits per heavy atom. The smallest absolute Gasteiger partial charge is 0.303 e. The summed E-state index contributed by atoms with van der Waals surface area (Å²) in [6.45, 7) is 6.33. The number of carboxylic acids is 1. The van der Waals surface area contributed by atoms with Crippen LogP contribution in [0.1, 0.15) is 39.5 Å². The molecule has 1 saturated heterocycles. The summed E-state index contributed by atoms with van der Waals surface area (Å²) in [4.78, 5) is 22.8. The summed E-state index contributed by atoms with van der Waals surface area (Å²) >= 11 is 0. The standard InChI is InChI=1S/C14H26N2O3/c1-10(2)6-11(7-13(17)18)8-16-14(19)12-4-3-5-15-9-12/h10-12,15H,3-9H2,1-2H3,(H,16,19)(H,17,18)/t11-,12+/m0/s1. The highest BCUT2D eigenvalue weighted by molar-refractivity contribution is 5.79. The van der Waals surface area contributed by atoms with Crippen LogP contribution in [-0.4, -0.2) is 36.6 Å². The summed E-state index contributed by atoms with van der Waals surface area (Å²) in [5, 5.41) is 15.0. The van der Waals surface area contributed by atoms with Gasteiger partial charge in [-0.05, 0) is 37.6 Å². The van der Waals surface area contributed by atoms with Gasteiger partial charge in [0.2, 0.25) is 5.91 Å². The molecular weight excluding hydrogens is 244 g/mol. The predicted molar refractivity (Wildman–Crippen MR) is 73.8 cm³/mol. The molecule has 1 rings (SSSR count). The number of nitrogens with one attached hydrogen (secondary N) is 2. The minimum atomic E-state index is -0.792. The topological polar surface area (TPSA) is 78.4 Å². The van der Waals surface area contributed by atoms with Crippen molar-refractivity contribution in [3.8, 4) is 0 Å². The Balaban J connectivity index is 2.36. The van der Waals surface area contributed by atoms with Gasteiger partial charge in [0.15, 0.2) is 0 Å².